The van der Waals surface area contributed by atoms with Gasteiger partial charge in [-0.2, -0.15) is 9.97 Å². The molecule has 1 atom stereocenters. The van der Waals surface area contributed by atoms with E-state index in [1.54, 1.807) is 10.9 Å². The van der Waals surface area contributed by atoms with Crippen molar-refractivity contribution < 1.29 is 19.0 Å². The molecule has 1 unspecified atom stereocenters. The van der Waals surface area contributed by atoms with Crippen LogP contribution < -0.4 is 11.1 Å². The third-order valence-corrected chi connectivity index (χ3v) is 4.37. The first-order valence-corrected chi connectivity index (χ1v) is 9.79. The third-order valence-electron chi connectivity index (χ3n) is 4.02. The zero-order chi connectivity index (χ0) is 16.9. The molecule has 2 aliphatic carbocycles. The normalized spacial score (nSPS) is 21.6. The van der Waals surface area contributed by atoms with E-state index in [0.29, 0.717) is 29.6 Å². The summed E-state index contributed by atoms with van der Waals surface area (Å²) in [5, 5.41) is 3.30. The number of nitrogens with one attached hydrogen (secondary N) is 1. The molecule has 2 aromatic rings. The van der Waals surface area contributed by atoms with Gasteiger partial charge in [-0.15, -0.1) is 4.67 Å². The fourth-order valence-corrected chi connectivity index (χ4v) is 2.76. The molecule has 11 heteroatoms. The second-order valence-corrected chi connectivity index (χ2v) is 8.29. The summed E-state index contributed by atoms with van der Waals surface area (Å²) in [6.45, 7) is 1.49. The summed E-state index contributed by atoms with van der Waals surface area (Å²) in [4.78, 5) is 27.3. The molecule has 2 heterocycles. The maximum atomic E-state index is 11.2. The fourth-order valence-electron chi connectivity index (χ4n) is 2.46. The van der Waals surface area contributed by atoms with Gasteiger partial charge < -0.3 is 20.5 Å². The smallest absolute Gasteiger partial charge is 0.352 e. The Hall–Kier alpha value is -1.74. The van der Waals surface area contributed by atoms with Gasteiger partial charge in [0.2, 0.25) is 5.95 Å². The second-order valence-electron chi connectivity index (χ2n) is 6.54. The van der Waals surface area contributed by atoms with E-state index in [1.165, 1.54) is 0 Å². The molecule has 0 saturated heterocycles. The molecule has 0 radical (unpaired) electrons. The maximum Gasteiger partial charge on any atom is 0.352 e. The Bertz CT molecular complexity index is 825. The van der Waals surface area contributed by atoms with Crippen molar-refractivity contribution in [3.8, 4) is 0 Å². The van der Waals surface area contributed by atoms with Gasteiger partial charge in [-0.3, -0.25) is 4.57 Å². The van der Waals surface area contributed by atoms with Gasteiger partial charge in [0.05, 0.1) is 12.9 Å². The van der Waals surface area contributed by atoms with E-state index < -0.39 is 13.2 Å². The van der Waals surface area contributed by atoms with Crippen LogP contribution in [0, 0.1) is 0 Å². The SMILES string of the molecule is CP(=O)(O)OOC1(Cn2cnc3c(NC4CC4)nc(N)nc32)CC1. The van der Waals surface area contributed by atoms with E-state index in [2.05, 4.69) is 24.9 Å². The van der Waals surface area contributed by atoms with Crippen LogP contribution in [-0.4, -0.2) is 42.7 Å². The summed E-state index contributed by atoms with van der Waals surface area (Å²) in [7, 11) is -3.69. The van der Waals surface area contributed by atoms with E-state index in [9.17, 15) is 9.46 Å². The van der Waals surface area contributed by atoms with E-state index in [4.69, 9.17) is 10.6 Å². The van der Waals surface area contributed by atoms with Gasteiger partial charge in [-0.1, -0.05) is 0 Å². The highest BCUT2D eigenvalue weighted by Crippen LogP contribution is 2.47. The van der Waals surface area contributed by atoms with Gasteiger partial charge in [0.1, 0.15) is 5.60 Å². The van der Waals surface area contributed by atoms with E-state index in [0.717, 1.165) is 32.3 Å². The Morgan fingerprint density at radius 1 is 1.50 bits per heavy atom. The minimum Gasteiger partial charge on any atom is -0.368 e. The largest absolute Gasteiger partial charge is 0.368 e. The quantitative estimate of drug-likeness (QED) is 0.381. The Morgan fingerprint density at radius 3 is 2.88 bits per heavy atom. The van der Waals surface area contributed by atoms with Gasteiger partial charge in [-0.25, -0.2) is 9.87 Å². The maximum absolute atomic E-state index is 11.2. The van der Waals surface area contributed by atoms with Crippen molar-refractivity contribution in [2.24, 2.45) is 0 Å². The zero-order valence-corrected chi connectivity index (χ0v) is 14.1. The number of imidazole rings is 1. The molecule has 2 fully saturated rings. The van der Waals surface area contributed by atoms with Crippen molar-refractivity contribution in [1.82, 2.24) is 19.5 Å². The number of nitrogens with zero attached hydrogens (tertiary/aromatic N) is 4. The molecule has 0 spiro atoms. The minimum atomic E-state index is -3.69. The molecule has 24 heavy (non-hydrogen) atoms. The number of hydrogen-bond acceptors (Lipinski definition) is 8. The van der Waals surface area contributed by atoms with Crippen LogP contribution in [0.4, 0.5) is 11.8 Å². The average molecular weight is 354 g/mol. The molecule has 0 bridgehead atoms. The zero-order valence-electron chi connectivity index (χ0n) is 13.2. The van der Waals surface area contributed by atoms with Gasteiger partial charge in [0.25, 0.3) is 0 Å². The number of aromatic nitrogens is 4. The Morgan fingerprint density at radius 2 is 2.25 bits per heavy atom. The van der Waals surface area contributed by atoms with Crippen LogP contribution >= 0.6 is 7.60 Å². The molecular formula is C13H19N6O4P. The number of rotatable bonds is 7. The van der Waals surface area contributed by atoms with Crippen LogP contribution in [0.5, 0.6) is 0 Å². The summed E-state index contributed by atoms with van der Waals surface area (Å²) < 4.78 is 17.7. The topological polar surface area (TPSA) is 137 Å². The molecule has 0 amide bonds. The summed E-state index contributed by atoms with van der Waals surface area (Å²) >= 11 is 0. The number of nitrogen functional groups attached to an aromatic ring is 1. The van der Waals surface area contributed by atoms with Crippen molar-refractivity contribution in [3.05, 3.63) is 6.33 Å². The lowest BCUT2D eigenvalue weighted by molar-refractivity contribution is -0.265. The van der Waals surface area contributed by atoms with Crippen molar-refractivity contribution in [2.45, 2.75) is 43.9 Å². The van der Waals surface area contributed by atoms with Crippen LogP contribution in [-0.2, 0) is 20.7 Å². The molecule has 2 saturated carbocycles. The number of nitrogens with two attached hydrogens (primary N) is 1. The van der Waals surface area contributed by atoms with Crippen LogP contribution in [0.2, 0.25) is 0 Å². The molecule has 2 aromatic heterocycles. The Balaban J connectivity index is 1.58. The van der Waals surface area contributed by atoms with E-state index in [1.807, 2.05) is 0 Å². The van der Waals surface area contributed by atoms with Crippen molar-refractivity contribution in [1.29, 1.82) is 0 Å². The van der Waals surface area contributed by atoms with Crippen molar-refractivity contribution in [2.75, 3.05) is 17.7 Å². The van der Waals surface area contributed by atoms with Gasteiger partial charge >= 0.3 is 7.60 Å². The van der Waals surface area contributed by atoms with Crippen LogP contribution in [0.15, 0.2) is 6.33 Å². The van der Waals surface area contributed by atoms with Crippen LogP contribution in [0.1, 0.15) is 25.7 Å². The van der Waals surface area contributed by atoms with Gasteiger partial charge in [0.15, 0.2) is 17.0 Å². The van der Waals surface area contributed by atoms with Crippen molar-refractivity contribution in [3.63, 3.8) is 0 Å². The first kappa shape index (κ1) is 15.8. The average Bonchev–Trinajstić information content (AvgIpc) is 3.39. The molecule has 0 aromatic carbocycles. The highest BCUT2D eigenvalue weighted by Gasteiger charge is 2.47. The lowest BCUT2D eigenvalue weighted by atomic mass is 10.3. The van der Waals surface area contributed by atoms with E-state index >= 15 is 0 Å². The molecule has 0 aliphatic heterocycles. The summed E-state index contributed by atoms with van der Waals surface area (Å²) in [5.74, 6) is 0.803. The lowest BCUT2D eigenvalue weighted by Gasteiger charge is -2.16. The molecular weight excluding hydrogens is 335 g/mol. The molecule has 10 nitrogen and oxygen atoms in total. The molecule has 130 valence electrons. The summed E-state index contributed by atoms with van der Waals surface area (Å²) in [5.41, 5.74) is 6.43. The van der Waals surface area contributed by atoms with Gasteiger partial charge in [0, 0.05) is 12.7 Å². The summed E-state index contributed by atoms with van der Waals surface area (Å²) in [6, 6.07) is 0.419. The third kappa shape index (κ3) is 3.36. The van der Waals surface area contributed by atoms with Crippen molar-refractivity contribution >= 4 is 30.5 Å². The Labute approximate surface area is 137 Å². The van der Waals surface area contributed by atoms with Crippen LogP contribution in [0.25, 0.3) is 11.2 Å². The number of anilines is 2. The summed E-state index contributed by atoms with van der Waals surface area (Å²) in [6.07, 6.45) is 5.31. The van der Waals surface area contributed by atoms with Gasteiger partial charge in [-0.05, 0) is 25.7 Å². The predicted molar refractivity (Wildman–Crippen MR) is 86.3 cm³/mol. The molecule has 2 aliphatic rings. The standard InChI is InChI=1S/C13H19N6O4P/c1-24(20,21)23-22-13(4-5-13)6-19-7-15-9-10(16-8-2-3-8)17-12(14)18-11(9)19/h7-8H,2-6H2,1H3,(H,20,21)(H3,14,16,17,18). The minimum absolute atomic E-state index is 0.169. The first-order chi connectivity index (χ1) is 11.3. The predicted octanol–water partition coefficient (Wildman–Crippen LogP) is 1.28. The fraction of sp³-hybridized carbons (Fsp3) is 0.615. The highest BCUT2D eigenvalue weighted by molar-refractivity contribution is 7.51. The highest BCUT2D eigenvalue weighted by atomic mass is 31.2. The molecule has 4 rings (SSSR count). The Kier molecular flexibility index (Phi) is 3.54. The number of hydrogen-bond donors (Lipinski definition) is 3. The molecule has 4 N–H and O–H groups in total. The number of fused-ring (bicyclic) bond motifs is 1. The second kappa shape index (κ2) is 5.38. The van der Waals surface area contributed by atoms with E-state index in [-0.39, 0.29) is 5.95 Å². The first-order valence-electron chi connectivity index (χ1n) is 7.76. The van der Waals surface area contributed by atoms with Crippen LogP contribution in [0.3, 0.4) is 0 Å². The lowest BCUT2D eigenvalue weighted by Crippen LogP contribution is -2.21. The monoisotopic (exact) mass is 354 g/mol.